The zero-order chi connectivity index (χ0) is 11.4. The number of hydrogen-bond acceptors (Lipinski definition) is 4. The maximum atomic E-state index is 11.3. The van der Waals surface area contributed by atoms with E-state index >= 15 is 0 Å². The summed E-state index contributed by atoms with van der Waals surface area (Å²) in [4.78, 5) is 11.3. The predicted octanol–water partition coefficient (Wildman–Crippen LogP) is 1.35. The summed E-state index contributed by atoms with van der Waals surface area (Å²) in [7, 11) is 0. The van der Waals surface area contributed by atoms with Gasteiger partial charge in [0.1, 0.15) is 19.3 Å². The highest BCUT2D eigenvalue weighted by atomic mass is 16.6. The molecule has 1 N–H and O–H groups in total. The fraction of sp³-hybridized carbons (Fsp3) is 0.417. The molecule has 1 aromatic carbocycles. The third-order valence-corrected chi connectivity index (χ3v) is 2.32. The Kier molecular flexibility index (Phi) is 3.41. The van der Waals surface area contributed by atoms with E-state index in [4.69, 9.17) is 9.47 Å². The average molecular weight is 221 g/mol. The maximum Gasteiger partial charge on any atom is 0.325 e. The van der Waals surface area contributed by atoms with Crippen LogP contribution in [0.15, 0.2) is 24.3 Å². The Labute approximate surface area is 94.6 Å². The lowest BCUT2D eigenvalue weighted by molar-refractivity contribution is -0.141. The van der Waals surface area contributed by atoms with E-state index in [0.29, 0.717) is 13.2 Å². The quantitative estimate of drug-likeness (QED) is 0.602. The summed E-state index contributed by atoms with van der Waals surface area (Å²) in [6.07, 6.45) is 0.128. The normalized spacial score (nSPS) is 17.9. The van der Waals surface area contributed by atoms with Crippen molar-refractivity contribution in [2.45, 2.75) is 13.0 Å². The van der Waals surface area contributed by atoms with Crippen LogP contribution < -0.4 is 5.32 Å². The van der Waals surface area contributed by atoms with Gasteiger partial charge in [-0.25, -0.2) is 0 Å². The minimum absolute atomic E-state index is 0.128. The van der Waals surface area contributed by atoms with E-state index in [-0.39, 0.29) is 18.6 Å². The summed E-state index contributed by atoms with van der Waals surface area (Å²) < 4.78 is 9.92. The highest BCUT2D eigenvalue weighted by Gasteiger charge is 2.23. The monoisotopic (exact) mass is 221 g/mol. The predicted molar refractivity (Wildman–Crippen MR) is 60.4 cm³/mol. The van der Waals surface area contributed by atoms with Crippen LogP contribution in [-0.4, -0.2) is 31.8 Å². The number of nitrogens with one attached hydrogen (secondary N) is 1. The Morgan fingerprint density at radius 3 is 2.81 bits per heavy atom. The molecule has 0 amide bonds. The molecule has 4 nitrogen and oxygen atoms in total. The molecule has 0 radical (unpaired) electrons. The lowest BCUT2D eigenvalue weighted by atomic mass is 10.2. The van der Waals surface area contributed by atoms with Gasteiger partial charge >= 0.3 is 5.97 Å². The van der Waals surface area contributed by atoms with Gasteiger partial charge in [-0.3, -0.25) is 4.79 Å². The smallest absolute Gasteiger partial charge is 0.325 e. The molecule has 1 saturated heterocycles. The van der Waals surface area contributed by atoms with E-state index in [9.17, 15) is 4.79 Å². The summed E-state index contributed by atoms with van der Waals surface area (Å²) in [5, 5.41) is 3.00. The molecular formula is C12H15NO3. The van der Waals surface area contributed by atoms with Crippen LogP contribution in [0.25, 0.3) is 0 Å². The first-order valence-corrected chi connectivity index (χ1v) is 5.32. The molecule has 1 fully saturated rings. The molecule has 86 valence electrons. The Hall–Kier alpha value is -1.55. The summed E-state index contributed by atoms with van der Waals surface area (Å²) >= 11 is 0. The maximum absolute atomic E-state index is 11.3. The van der Waals surface area contributed by atoms with E-state index < -0.39 is 0 Å². The zero-order valence-electron chi connectivity index (χ0n) is 9.23. The first kappa shape index (κ1) is 11.0. The Balaban J connectivity index is 1.69. The van der Waals surface area contributed by atoms with Gasteiger partial charge in [0.2, 0.25) is 0 Å². The van der Waals surface area contributed by atoms with Crippen molar-refractivity contribution in [3.05, 3.63) is 29.8 Å². The molecule has 16 heavy (non-hydrogen) atoms. The first-order valence-electron chi connectivity index (χ1n) is 5.32. The largest absolute Gasteiger partial charge is 0.462 e. The van der Waals surface area contributed by atoms with Crippen LogP contribution >= 0.6 is 0 Å². The van der Waals surface area contributed by atoms with Gasteiger partial charge in [0.25, 0.3) is 0 Å². The minimum Gasteiger partial charge on any atom is -0.462 e. The van der Waals surface area contributed by atoms with Gasteiger partial charge in [-0.05, 0) is 19.1 Å². The Morgan fingerprint density at radius 1 is 1.50 bits per heavy atom. The van der Waals surface area contributed by atoms with E-state index in [1.165, 1.54) is 5.56 Å². The number of epoxide rings is 1. The number of esters is 1. The topological polar surface area (TPSA) is 50.9 Å². The fourth-order valence-corrected chi connectivity index (χ4v) is 1.25. The number of anilines is 1. The van der Waals surface area contributed by atoms with Gasteiger partial charge in [-0.1, -0.05) is 17.7 Å². The highest BCUT2D eigenvalue weighted by Crippen LogP contribution is 2.09. The van der Waals surface area contributed by atoms with Crippen LogP contribution in [0.3, 0.4) is 0 Å². The van der Waals surface area contributed by atoms with Gasteiger partial charge in [-0.2, -0.15) is 0 Å². The van der Waals surface area contributed by atoms with Crippen molar-refractivity contribution in [3.8, 4) is 0 Å². The molecule has 1 atom stereocenters. The van der Waals surface area contributed by atoms with Crippen molar-refractivity contribution in [2.24, 2.45) is 0 Å². The van der Waals surface area contributed by atoms with E-state index in [2.05, 4.69) is 5.32 Å². The number of hydrogen-bond donors (Lipinski definition) is 1. The van der Waals surface area contributed by atoms with Crippen LogP contribution in [0.2, 0.25) is 0 Å². The number of ether oxygens (including phenoxy) is 2. The average Bonchev–Trinajstić information content (AvgIpc) is 3.09. The van der Waals surface area contributed by atoms with Crippen molar-refractivity contribution in [2.75, 3.05) is 25.1 Å². The van der Waals surface area contributed by atoms with Gasteiger partial charge in [0, 0.05) is 5.69 Å². The molecule has 0 spiro atoms. The SMILES string of the molecule is Cc1ccc(NCC(=O)OCC2CO2)cc1. The van der Waals surface area contributed by atoms with Crippen LogP contribution in [0.5, 0.6) is 0 Å². The molecule has 1 heterocycles. The highest BCUT2D eigenvalue weighted by molar-refractivity contribution is 5.75. The van der Waals surface area contributed by atoms with Gasteiger partial charge in [0.05, 0.1) is 6.61 Å². The summed E-state index contributed by atoms with van der Waals surface area (Å²) in [5.41, 5.74) is 2.12. The van der Waals surface area contributed by atoms with E-state index in [0.717, 1.165) is 5.69 Å². The molecular weight excluding hydrogens is 206 g/mol. The molecule has 1 unspecified atom stereocenters. The second kappa shape index (κ2) is 4.99. The molecule has 0 aliphatic carbocycles. The fourth-order valence-electron chi connectivity index (χ4n) is 1.25. The Bertz CT molecular complexity index is 357. The molecule has 0 bridgehead atoms. The van der Waals surface area contributed by atoms with Crippen LogP contribution in [0.4, 0.5) is 5.69 Å². The molecule has 4 heteroatoms. The molecule has 0 saturated carbocycles. The summed E-state index contributed by atoms with van der Waals surface area (Å²) in [6.45, 7) is 3.29. The van der Waals surface area contributed by atoms with Crippen molar-refractivity contribution in [3.63, 3.8) is 0 Å². The van der Waals surface area contributed by atoms with Crippen molar-refractivity contribution < 1.29 is 14.3 Å². The van der Waals surface area contributed by atoms with Crippen molar-refractivity contribution >= 4 is 11.7 Å². The molecule has 2 rings (SSSR count). The summed E-state index contributed by atoms with van der Waals surface area (Å²) in [5.74, 6) is -0.254. The third-order valence-electron chi connectivity index (χ3n) is 2.32. The first-order chi connectivity index (χ1) is 7.74. The van der Waals surface area contributed by atoms with Crippen molar-refractivity contribution in [1.82, 2.24) is 0 Å². The number of carbonyl (C=O) groups excluding carboxylic acids is 1. The van der Waals surface area contributed by atoms with Gasteiger partial charge in [0.15, 0.2) is 0 Å². The molecule has 1 aliphatic rings. The molecule has 0 aromatic heterocycles. The second-order valence-corrected chi connectivity index (χ2v) is 3.86. The number of rotatable bonds is 5. The Morgan fingerprint density at radius 2 is 2.19 bits per heavy atom. The molecule has 1 aromatic rings. The standard InChI is InChI=1S/C12H15NO3/c1-9-2-4-10(5-3-9)13-6-12(14)16-8-11-7-15-11/h2-5,11,13H,6-8H2,1H3. The van der Waals surface area contributed by atoms with Gasteiger partial charge < -0.3 is 14.8 Å². The van der Waals surface area contributed by atoms with Crippen molar-refractivity contribution in [1.29, 1.82) is 0 Å². The van der Waals surface area contributed by atoms with Crippen LogP contribution in [0, 0.1) is 6.92 Å². The third kappa shape index (κ3) is 3.55. The van der Waals surface area contributed by atoms with Crippen LogP contribution in [-0.2, 0) is 14.3 Å². The van der Waals surface area contributed by atoms with E-state index in [1.807, 2.05) is 31.2 Å². The minimum atomic E-state index is -0.254. The molecule has 1 aliphatic heterocycles. The lowest BCUT2D eigenvalue weighted by Gasteiger charge is -2.06. The van der Waals surface area contributed by atoms with Gasteiger partial charge in [-0.15, -0.1) is 0 Å². The second-order valence-electron chi connectivity index (χ2n) is 3.86. The number of carbonyl (C=O) groups is 1. The summed E-state index contributed by atoms with van der Waals surface area (Å²) in [6, 6.07) is 7.86. The lowest BCUT2D eigenvalue weighted by Crippen LogP contribution is -2.18. The number of aryl methyl sites for hydroxylation is 1. The van der Waals surface area contributed by atoms with E-state index in [1.54, 1.807) is 0 Å². The van der Waals surface area contributed by atoms with Crippen LogP contribution in [0.1, 0.15) is 5.56 Å². The zero-order valence-corrected chi connectivity index (χ0v) is 9.23. The number of benzene rings is 1.